The molecule has 2 aromatic carbocycles. The average Bonchev–Trinajstić information content (AvgIpc) is 2.96. The van der Waals surface area contributed by atoms with Crippen LogP contribution in [0.2, 0.25) is 5.02 Å². The van der Waals surface area contributed by atoms with Crippen molar-refractivity contribution >= 4 is 28.6 Å². The molecule has 0 spiro atoms. The monoisotopic (exact) mass is 315 g/mol. The summed E-state index contributed by atoms with van der Waals surface area (Å²) in [4.78, 5) is 12.1. The summed E-state index contributed by atoms with van der Waals surface area (Å²) < 4.78 is 7.07. The first-order valence-electron chi connectivity index (χ1n) is 6.92. The van der Waals surface area contributed by atoms with E-state index in [2.05, 4.69) is 10.3 Å². The number of carbonyl (C=O) groups is 1. The second kappa shape index (κ2) is 6.15. The summed E-state index contributed by atoms with van der Waals surface area (Å²) >= 11 is 5.82. The van der Waals surface area contributed by atoms with E-state index in [9.17, 15) is 4.79 Å². The highest BCUT2D eigenvalue weighted by atomic mass is 35.5. The van der Waals surface area contributed by atoms with Gasteiger partial charge >= 0.3 is 5.97 Å². The first-order chi connectivity index (χ1) is 10.7. The fraction of sp³-hybridized carbons (Fsp3) is 0.188. The number of aromatic nitrogens is 3. The van der Waals surface area contributed by atoms with Crippen LogP contribution in [0.3, 0.4) is 0 Å². The van der Waals surface area contributed by atoms with Gasteiger partial charge < -0.3 is 4.74 Å². The number of carbonyl (C=O) groups excluding carboxylic acids is 1. The maximum atomic E-state index is 12.1. The number of rotatable bonds is 4. The first kappa shape index (κ1) is 14.5. The van der Waals surface area contributed by atoms with Crippen molar-refractivity contribution in [1.82, 2.24) is 15.0 Å². The van der Waals surface area contributed by atoms with Crippen LogP contribution in [0.15, 0.2) is 42.5 Å². The van der Waals surface area contributed by atoms with Gasteiger partial charge in [0, 0.05) is 11.6 Å². The largest absolute Gasteiger partial charge is 0.457 e. The lowest BCUT2D eigenvalue weighted by atomic mass is 10.2. The molecule has 0 saturated carbocycles. The number of benzene rings is 2. The topological polar surface area (TPSA) is 57.0 Å². The van der Waals surface area contributed by atoms with E-state index in [1.54, 1.807) is 28.9 Å². The Hall–Kier alpha value is -2.40. The molecule has 6 heteroatoms. The highest BCUT2D eigenvalue weighted by Gasteiger charge is 2.11. The van der Waals surface area contributed by atoms with Gasteiger partial charge in [0.25, 0.3) is 0 Å². The molecule has 5 nitrogen and oxygen atoms in total. The van der Waals surface area contributed by atoms with E-state index < -0.39 is 0 Å². The molecule has 0 radical (unpaired) electrons. The van der Waals surface area contributed by atoms with Gasteiger partial charge in [0.2, 0.25) is 0 Å². The minimum Gasteiger partial charge on any atom is -0.457 e. The van der Waals surface area contributed by atoms with Crippen LogP contribution in [0.25, 0.3) is 11.0 Å². The van der Waals surface area contributed by atoms with E-state index in [4.69, 9.17) is 16.3 Å². The number of fused-ring (bicyclic) bond motifs is 1. The number of hydrogen-bond donors (Lipinski definition) is 0. The third-order valence-corrected chi connectivity index (χ3v) is 3.58. The van der Waals surface area contributed by atoms with Crippen molar-refractivity contribution in [2.24, 2.45) is 0 Å². The lowest BCUT2D eigenvalue weighted by Gasteiger charge is -2.05. The van der Waals surface area contributed by atoms with Crippen LogP contribution >= 0.6 is 11.6 Å². The molecule has 0 aliphatic carbocycles. The van der Waals surface area contributed by atoms with E-state index >= 15 is 0 Å². The molecule has 0 atom stereocenters. The minimum absolute atomic E-state index is 0.204. The predicted molar refractivity (Wildman–Crippen MR) is 83.8 cm³/mol. The molecule has 1 aromatic heterocycles. The van der Waals surface area contributed by atoms with Gasteiger partial charge in [-0.3, -0.25) is 0 Å². The summed E-state index contributed by atoms with van der Waals surface area (Å²) in [7, 11) is 0. The molecule has 0 N–H and O–H groups in total. The lowest BCUT2D eigenvalue weighted by molar-refractivity contribution is 0.0473. The fourth-order valence-corrected chi connectivity index (χ4v) is 2.27. The number of halogens is 1. The highest BCUT2D eigenvalue weighted by Crippen LogP contribution is 2.15. The minimum atomic E-state index is -0.386. The molecule has 0 aliphatic rings. The van der Waals surface area contributed by atoms with Crippen molar-refractivity contribution in [2.75, 3.05) is 0 Å². The van der Waals surface area contributed by atoms with Crippen LogP contribution in [0.5, 0.6) is 0 Å². The normalized spacial score (nSPS) is 10.8. The van der Waals surface area contributed by atoms with Crippen molar-refractivity contribution in [1.29, 1.82) is 0 Å². The maximum absolute atomic E-state index is 12.1. The molecule has 0 amide bonds. The number of esters is 1. The predicted octanol–water partition coefficient (Wildman–Crippen LogP) is 3.46. The Kier molecular flexibility index (Phi) is 4.06. The molecule has 0 unspecified atom stereocenters. The van der Waals surface area contributed by atoms with Crippen molar-refractivity contribution in [3.8, 4) is 0 Å². The van der Waals surface area contributed by atoms with Crippen molar-refractivity contribution in [3.63, 3.8) is 0 Å². The molecular weight excluding hydrogens is 302 g/mol. The van der Waals surface area contributed by atoms with E-state index in [0.29, 0.717) is 16.1 Å². The van der Waals surface area contributed by atoms with E-state index in [1.807, 2.05) is 25.1 Å². The Morgan fingerprint density at radius 3 is 2.73 bits per heavy atom. The molecule has 0 bridgehead atoms. The Labute approximate surface area is 132 Å². The average molecular weight is 316 g/mol. The molecule has 0 fully saturated rings. The molecule has 0 aliphatic heterocycles. The van der Waals surface area contributed by atoms with Crippen LogP contribution in [0, 0.1) is 0 Å². The summed E-state index contributed by atoms with van der Waals surface area (Å²) in [6, 6.07) is 12.4. The summed E-state index contributed by atoms with van der Waals surface area (Å²) in [6.45, 7) is 2.93. The van der Waals surface area contributed by atoms with Crippen LogP contribution < -0.4 is 0 Å². The van der Waals surface area contributed by atoms with Crippen molar-refractivity contribution in [3.05, 3.63) is 58.6 Å². The second-order valence-corrected chi connectivity index (χ2v) is 5.25. The third kappa shape index (κ3) is 2.94. The van der Waals surface area contributed by atoms with Gasteiger partial charge in [0.15, 0.2) is 0 Å². The summed E-state index contributed by atoms with van der Waals surface area (Å²) in [5.41, 5.74) is 2.93. The maximum Gasteiger partial charge on any atom is 0.338 e. The van der Waals surface area contributed by atoms with Gasteiger partial charge in [-0.15, -0.1) is 5.10 Å². The molecule has 3 aromatic rings. The first-order valence-corrected chi connectivity index (χ1v) is 7.30. The van der Waals surface area contributed by atoms with Crippen LogP contribution in [0.1, 0.15) is 22.8 Å². The van der Waals surface area contributed by atoms with Gasteiger partial charge in [-0.25, -0.2) is 9.48 Å². The fourth-order valence-electron chi connectivity index (χ4n) is 2.15. The van der Waals surface area contributed by atoms with Gasteiger partial charge in [-0.05, 0) is 42.8 Å². The van der Waals surface area contributed by atoms with Gasteiger partial charge in [0.1, 0.15) is 12.1 Å². The number of aryl methyl sites for hydroxylation is 1. The SMILES string of the molecule is CCn1nnc2cc(C(=O)OCc3ccc(Cl)cc3)ccc21. The van der Waals surface area contributed by atoms with Gasteiger partial charge in [-0.2, -0.15) is 0 Å². The van der Waals surface area contributed by atoms with E-state index in [-0.39, 0.29) is 12.6 Å². The summed E-state index contributed by atoms with van der Waals surface area (Å²) in [6.07, 6.45) is 0. The summed E-state index contributed by atoms with van der Waals surface area (Å²) in [5.74, 6) is -0.386. The van der Waals surface area contributed by atoms with Gasteiger partial charge in [0.05, 0.1) is 11.1 Å². The van der Waals surface area contributed by atoms with Crippen LogP contribution in [-0.4, -0.2) is 21.0 Å². The molecule has 0 saturated heterocycles. The molecular formula is C16H14ClN3O2. The second-order valence-electron chi connectivity index (χ2n) is 4.81. The van der Waals surface area contributed by atoms with Crippen molar-refractivity contribution in [2.45, 2.75) is 20.1 Å². The Balaban J connectivity index is 1.73. The summed E-state index contributed by atoms with van der Waals surface area (Å²) in [5, 5.41) is 8.72. The van der Waals surface area contributed by atoms with E-state index in [0.717, 1.165) is 17.6 Å². The molecule has 112 valence electrons. The van der Waals surface area contributed by atoms with Crippen LogP contribution in [0.4, 0.5) is 0 Å². The number of nitrogens with zero attached hydrogens (tertiary/aromatic N) is 3. The molecule has 1 heterocycles. The third-order valence-electron chi connectivity index (χ3n) is 3.33. The quantitative estimate of drug-likeness (QED) is 0.692. The zero-order valence-corrected chi connectivity index (χ0v) is 12.7. The smallest absolute Gasteiger partial charge is 0.338 e. The van der Waals surface area contributed by atoms with Crippen molar-refractivity contribution < 1.29 is 9.53 Å². The lowest BCUT2D eigenvalue weighted by Crippen LogP contribution is -2.05. The zero-order chi connectivity index (χ0) is 15.5. The number of hydrogen-bond acceptors (Lipinski definition) is 4. The molecule has 22 heavy (non-hydrogen) atoms. The standard InChI is InChI=1S/C16H14ClN3O2/c1-2-20-15-8-5-12(9-14(15)18-19-20)16(21)22-10-11-3-6-13(17)7-4-11/h3-9H,2,10H2,1H3. The van der Waals surface area contributed by atoms with Gasteiger partial charge in [-0.1, -0.05) is 28.9 Å². The zero-order valence-electron chi connectivity index (χ0n) is 12.0. The highest BCUT2D eigenvalue weighted by molar-refractivity contribution is 6.30. The van der Waals surface area contributed by atoms with Crippen LogP contribution in [-0.2, 0) is 17.9 Å². The Bertz CT molecular complexity index is 812. The molecule has 3 rings (SSSR count). The van der Waals surface area contributed by atoms with E-state index in [1.165, 1.54) is 0 Å². The Morgan fingerprint density at radius 2 is 2.00 bits per heavy atom. The Morgan fingerprint density at radius 1 is 1.23 bits per heavy atom. The number of ether oxygens (including phenoxy) is 1.